The molecule has 1 aliphatic carbocycles. The molecule has 1 fully saturated rings. The summed E-state index contributed by atoms with van der Waals surface area (Å²) in [6.45, 7) is 3.70. The minimum absolute atomic E-state index is 0.0528. The van der Waals surface area contributed by atoms with Crippen LogP contribution in [0.1, 0.15) is 38.7 Å². The zero-order chi connectivity index (χ0) is 15.0. The molecular formula is C16H17ClFNO. The van der Waals surface area contributed by atoms with Crippen molar-refractivity contribution < 1.29 is 9.18 Å². The SMILES string of the molecule is CC1(C)CCCC(C#N)(Cc2c(F)cccc2Cl)C1=O. The molecule has 0 N–H and O–H groups in total. The first-order valence-corrected chi connectivity index (χ1v) is 7.09. The van der Waals surface area contributed by atoms with Gasteiger partial charge in [0.1, 0.15) is 11.2 Å². The molecule has 1 unspecified atom stereocenters. The van der Waals surface area contributed by atoms with Crippen LogP contribution in [0.3, 0.4) is 0 Å². The van der Waals surface area contributed by atoms with E-state index < -0.39 is 16.6 Å². The van der Waals surface area contributed by atoms with Crippen LogP contribution in [0.15, 0.2) is 18.2 Å². The molecule has 0 saturated heterocycles. The Bertz CT molecular complexity index is 570. The molecule has 0 aliphatic heterocycles. The zero-order valence-electron chi connectivity index (χ0n) is 11.7. The number of nitrogens with zero attached hydrogens (tertiary/aromatic N) is 1. The Labute approximate surface area is 123 Å². The van der Waals surface area contributed by atoms with E-state index >= 15 is 0 Å². The monoisotopic (exact) mass is 293 g/mol. The molecule has 1 aromatic rings. The molecule has 0 heterocycles. The van der Waals surface area contributed by atoms with Gasteiger partial charge in [-0.3, -0.25) is 4.79 Å². The van der Waals surface area contributed by atoms with Gasteiger partial charge in [-0.2, -0.15) is 5.26 Å². The van der Waals surface area contributed by atoms with E-state index in [2.05, 4.69) is 6.07 Å². The predicted molar refractivity (Wildman–Crippen MR) is 75.8 cm³/mol. The molecule has 2 rings (SSSR count). The largest absolute Gasteiger partial charge is 0.297 e. The Morgan fingerprint density at radius 3 is 2.70 bits per heavy atom. The third kappa shape index (κ3) is 2.45. The Morgan fingerprint density at radius 2 is 2.10 bits per heavy atom. The van der Waals surface area contributed by atoms with Crippen molar-refractivity contribution in [1.82, 2.24) is 0 Å². The van der Waals surface area contributed by atoms with E-state index in [0.717, 1.165) is 12.8 Å². The maximum atomic E-state index is 13.9. The molecule has 0 bridgehead atoms. The lowest BCUT2D eigenvalue weighted by molar-refractivity contribution is -0.138. The fourth-order valence-electron chi connectivity index (χ4n) is 3.02. The molecule has 20 heavy (non-hydrogen) atoms. The summed E-state index contributed by atoms with van der Waals surface area (Å²) in [5, 5.41) is 9.82. The number of rotatable bonds is 2. The molecule has 1 saturated carbocycles. The standard InChI is InChI=1S/C16H17ClFNO/c1-15(2)7-4-8-16(10-19,14(15)20)9-11-12(17)5-3-6-13(11)18/h3,5-6H,4,7-9H2,1-2H3. The molecule has 1 aromatic carbocycles. The highest BCUT2D eigenvalue weighted by molar-refractivity contribution is 6.31. The van der Waals surface area contributed by atoms with Gasteiger partial charge in [0.15, 0.2) is 5.78 Å². The Kier molecular flexibility index (Phi) is 3.88. The van der Waals surface area contributed by atoms with Gasteiger partial charge in [-0.05, 0) is 25.0 Å². The smallest absolute Gasteiger partial charge is 0.158 e. The number of benzene rings is 1. The number of hydrogen-bond acceptors (Lipinski definition) is 2. The van der Waals surface area contributed by atoms with E-state index in [1.54, 1.807) is 6.07 Å². The number of carbonyl (C=O) groups is 1. The maximum absolute atomic E-state index is 13.9. The number of carbonyl (C=O) groups excluding carboxylic acids is 1. The van der Waals surface area contributed by atoms with Crippen LogP contribution in [0.4, 0.5) is 4.39 Å². The summed E-state index contributed by atoms with van der Waals surface area (Å²) < 4.78 is 13.9. The molecule has 106 valence electrons. The zero-order valence-corrected chi connectivity index (χ0v) is 12.4. The number of nitriles is 1. The molecular weight excluding hydrogens is 277 g/mol. The summed E-state index contributed by atoms with van der Waals surface area (Å²) in [5.41, 5.74) is -1.43. The van der Waals surface area contributed by atoms with Gasteiger partial charge in [0, 0.05) is 22.4 Å². The molecule has 0 spiro atoms. The lowest BCUT2D eigenvalue weighted by Gasteiger charge is -2.39. The molecule has 0 radical (unpaired) electrons. The van der Waals surface area contributed by atoms with Gasteiger partial charge in [-0.1, -0.05) is 37.9 Å². The number of halogens is 2. The first kappa shape index (κ1) is 15.0. The number of hydrogen-bond donors (Lipinski definition) is 0. The molecule has 1 atom stereocenters. The van der Waals surface area contributed by atoms with E-state index in [9.17, 15) is 14.4 Å². The van der Waals surface area contributed by atoms with Gasteiger partial charge < -0.3 is 0 Å². The quantitative estimate of drug-likeness (QED) is 0.815. The fraction of sp³-hybridized carbons (Fsp3) is 0.500. The Hall–Kier alpha value is -1.40. The topological polar surface area (TPSA) is 40.9 Å². The summed E-state index contributed by atoms with van der Waals surface area (Å²) in [7, 11) is 0. The van der Waals surface area contributed by atoms with Gasteiger partial charge in [0.2, 0.25) is 0 Å². The van der Waals surface area contributed by atoms with Crippen molar-refractivity contribution >= 4 is 17.4 Å². The van der Waals surface area contributed by atoms with Gasteiger partial charge in [-0.15, -0.1) is 0 Å². The van der Waals surface area contributed by atoms with Crippen LogP contribution in [-0.2, 0) is 11.2 Å². The highest BCUT2D eigenvalue weighted by Gasteiger charge is 2.49. The van der Waals surface area contributed by atoms with Crippen molar-refractivity contribution in [3.63, 3.8) is 0 Å². The normalized spacial score (nSPS) is 25.2. The molecule has 0 amide bonds. The van der Waals surface area contributed by atoms with E-state index in [4.69, 9.17) is 11.6 Å². The lowest BCUT2D eigenvalue weighted by atomic mass is 9.61. The van der Waals surface area contributed by atoms with Crippen LogP contribution in [0.25, 0.3) is 0 Å². The Balaban J connectivity index is 2.43. The molecule has 1 aliphatic rings. The Morgan fingerprint density at radius 1 is 1.40 bits per heavy atom. The van der Waals surface area contributed by atoms with Crippen LogP contribution in [0, 0.1) is 28.0 Å². The average Bonchev–Trinajstić information content (AvgIpc) is 2.39. The summed E-state index contributed by atoms with van der Waals surface area (Å²) in [6, 6.07) is 6.57. The first-order valence-electron chi connectivity index (χ1n) is 6.71. The highest BCUT2D eigenvalue weighted by Crippen LogP contribution is 2.45. The molecule has 2 nitrogen and oxygen atoms in total. The van der Waals surface area contributed by atoms with Crippen molar-refractivity contribution in [2.75, 3.05) is 0 Å². The van der Waals surface area contributed by atoms with Crippen LogP contribution in [0.5, 0.6) is 0 Å². The summed E-state index contributed by atoms with van der Waals surface area (Å²) in [5.74, 6) is -0.554. The highest BCUT2D eigenvalue weighted by atomic mass is 35.5. The maximum Gasteiger partial charge on any atom is 0.158 e. The van der Waals surface area contributed by atoms with Crippen LogP contribution < -0.4 is 0 Å². The van der Waals surface area contributed by atoms with Crippen LogP contribution >= 0.6 is 11.6 Å². The van der Waals surface area contributed by atoms with E-state index in [0.29, 0.717) is 6.42 Å². The van der Waals surface area contributed by atoms with Gasteiger partial charge in [0.25, 0.3) is 0 Å². The van der Waals surface area contributed by atoms with Crippen molar-refractivity contribution in [1.29, 1.82) is 5.26 Å². The molecule has 4 heteroatoms. The van der Waals surface area contributed by atoms with E-state index in [1.807, 2.05) is 13.8 Å². The average molecular weight is 294 g/mol. The second-order valence-corrected chi connectivity index (χ2v) is 6.54. The van der Waals surface area contributed by atoms with Crippen molar-refractivity contribution in [3.05, 3.63) is 34.6 Å². The lowest BCUT2D eigenvalue weighted by Crippen LogP contribution is -2.45. The summed E-state index contributed by atoms with van der Waals surface area (Å²) in [4.78, 5) is 12.6. The summed E-state index contributed by atoms with van der Waals surface area (Å²) in [6.07, 6.45) is 2.08. The second-order valence-electron chi connectivity index (χ2n) is 6.14. The van der Waals surface area contributed by atoms with Gasteiger partial charge in [0.05, 0.1) is 6.07 Å². The fourth-order valence-corrected chi connectivity index (χ4v) is 3.25. The van der Waals surface area contributed by atoms with Gasteiger partial charge in [-0.25, -0.2) is 4.39 Å². The summed E-state index contributed by atoms with van der Waals surface area (Å²) >= 11 is 6.03. The molecule has 0 aromatic heterocycles. The van der Waals surface area contributed by atoms with Crippen LogP contribution in [-0.4, -0.2) is 5.78 Å². The van der Waals surface area contributed by atoms with E-state index in [1.165, 1.54) is 12.1 Å². The van der Waals surface area contributed by atoms with Gasteiger partial charge >= 0.3 is 0 Å². The van der Waals surface area contributed by atoms with E-state index in [-0.39, 0.29) is 22.8 Å². The second kappa shape index (κ2) is 5.18. The van der Waals surface area contributed by atoms with Crippen molar-refractivity contribution in [2.24, 2.45) is 10.8 Å². The van der Waals surface area contributed by atoms with Crippen molar-refractivity contribution in [2.45, 2.75) is 39.5 Å². The minimum atomic E-state index is -1.16. The van der Waals surface area contributed by atoms with Crippen LogP contribution in [0.2, 0.25) is 5.02 Å². The number of ketones is 1. The minimum Gasteiger partial charge on any atom is -0.297 e. The van der Waals surface area contributed by atoms with Crippen molar-refractivity contribution in [3.8, 4) is 6.07 Å². The first-order chi connectivity index (χ1) is 9.32. The third-order valence-corrected chi connectivity index (χ3v) is 4.56. The third-order valence-electron chi connectivity index (χ3n) is 4.21. The number of Topliss-reactive ketones (excluding diaryl/α,β-unsaturated/α-hetero) is 1. The predicted octanol–water partition coefficient (Wildman–Crippen LogP) is 4.31.